The van der Waals surface area contributed by atoms with Crippen LogP contribution in [0.25, 0.3) is 87.6 Å². The molecule has 0 heterocycles. The predicted molar refractivity (Wildman–Crippen MR) is 262 cm³/mol. The lowest BCUT2D eigenvalue weighted by Gasteiger charge is -2.24. The van der Waals surface area contributed by atoms with Crippen molar-refractivity contribution in [3.8, 4) is 67.5 Å². The highest BCUT2D eigenvalue weighted by Gasteiger charge is 2.24. The number of benzene rings is 10. The van der Waals surface area contributed by atoms with Gasteiger partial charge in [0.15, 0.2) is 0 Å². The average molecular weight is 857 g/mol. The smallest absolute Gasteiger partial charge is 0.131 e. The van der Waals surface area contributed by atoms with Crippen LogP contribution in [0.2, 0.25) is 0 Å². The lowest BCUT2D eigenvalue weighted by molar-refractivity contribution is 0.131. The van der Waals surface area contributed by atoms with Gasteiger partial charge in [-0.2, -0.15) is 0 Å². The molecule has 0 aromatic heterocycles. The molecule has 0 radical (unpaired) electrons. The first-order valence-corrected chi connectivity index (χ1v) is 21.9. The third-order valence-corrected chi connectivity index (χ3v) is 12.4. The molecule has 0 spiro atoms. The minimum Gasteiger partial charge on any atom is -0.507 e. The third-order valence-electron chi connectivity index (χ3n) is 12.4. The number of fused-ring (bicyclic) bond motifs is 4. The number of phenolic OH excluding ortho intramolecular Hbond substituents is 2. The Balaban J connectivity index is 0.965. The van der Waals surface area contributed by atoms with Crippen molar-refractivity contribution in [1.29, 1.82) is 0 Å². The van der Waals surface area contributed by atoms with Crippen LogP contribution in [0.1, 0.15) is 31.4 Å². The molecule has 2 atom stereocenters. The number of hydrogen-bond donors (Lipinski definition) is 2. The molecule has 0 unspecified atom stereocenters. The zero-order valence-electron chi connectivity index (χ0n) is 36.5. The summed E-state index contributed by atoms with van der Waals surface area (Å²) in [6, 6.07) is 53.2. The van der Waals surface area contributed by atoms with Crippen LogP contribution in [0.5, 0.6) is 23.0 Å². The lowest BCUT2D eigenvalue weighted by Crippen LogP contribution is -2.23. The van der Waals surface area contributed by atoms with Gasteiger partial charge in [-0.25, -0.2) is 8.78 Å². The molecule has 65 heavy (non-hydrogen) atoms. The summed E-state index contributed by atoms with van der Waals surface area (Å²) >= 11 is 0. The fourth-order valence-corrected chi connectivity index (χ4v) is 9.59. The van der Waals surface area contributed by atoms with Gasteiger partial charge in [-0.05, 0) is 155 Å². The number of halogens is 2. The molecule has 2 N–H and O–H groups in total. The van der Waals surface area contributed by atoms with E-state index in [1.54, 1.807) is 12.1 Å². The first-order chi connectivity index (χ1) is 31.5. The molecule has 0 saturated carbocycles. The van der Waals surface area contributed by atoms with E-state index in [1.165, 1.54) is 24.3 Å². The fourth-order valence-electron chi connectivity index (χ4n) is 9.59. The highest BCUT2D eigenvalue weighted by atomic mass is 19.1. The second-order valence-electron chi connectivity index (χ2n) is 17.2. The summed E-state index contributed by atoms with van der Waals surface area (Å²) in [6.07, 6.45) is -0.483. The summed E-state index contributed by atoms with van der Waals surface area (Å²) in [5, 5.41) is 32.6. The van der Waals surface area contributed by atoms with Crippen molar-refractivity contribution < 1.29 is 28.5 Å². The van der Waals surface area contributed by atoms with E-state index in [0.29, 0.717) is 51.3 Å². The van der Waals surface area contributed by atoms with Crippen molar-refractivity contribution in [2.24, 2.45) is 0 Å². The number of ether oxygens (including phenoxy) is 2. The summed E-state index contributed by atoms with van der Waals surface area (Å²) in [5.74, 6) is -0.0683. The van der Waals surface area contributed by atoms with E-state index in [1.807, 2.05) is 100 Å². The van der Waals surface area contributed by atoms with Gasteiger partial charge in [0.25, 0.3) is 0 Å². The van der Waals surface area contributed by atoms with Crippen LogP contribution in [0.4, 0.5) is 8.78 Å². The zero-order valence-corrected chi connectivity index (χ0v) is 36.5. The van der Waals surface area contributed by atoms with Crippen molar-refractivity contribution in [3.05, 3.63) is 193 Å². The fraction of sp³-hybridized carbons (Fsp3) is 0.119. The van der Waals surface area contributed by atoms with Gasteiger partial charge >= 0.3 is 0 Å². The summed E-state index contributed by atoms with van der Waals surface area (Å²) in [7, 11) is 0. The summed E-state index contributed by atoms with van der Waals surface area (Å²) in [5.41, 5.74) is 6.61. The largest absolute Gasteiger partial charge is 0.507 e. The van der Waals surface area contributed by atoms with Gasteiger partial charge in [-0.15, -0.1) is 0 Å². The minimum atomic E-state index is -0.463. The third kappa shape index (κ3) is 7.76. The quantitative estimate of drug-likeness (QED) is 0.135. The number of rotatable bonds is 10. The monoisotopic (exact) mass is 856 g/mol. The summed E-state index contributed by atoms with van der Waals surface area (Å²) < 4.78 is 43.6. The van der Waals surface area contributed by atoms with Crippen molar-refractivity contribution >= 4 is 43.1 Å². The van der Waals surface area contributed by atoms with Gasteiger partial charge in [0.1, 0.15) is 34.6 Å². The molecular weight excluding hydrogens is 811 g/mol. The molecule has 6 heteroatoms. The second kappa shape index (κ2) is 16.8. The zero-order chi connectivity index (χ0) is 44.9. The van der Waals surface area contributed by atoms with E-state index in [-0.39, 0.29) is 11.5 Å². The van der Waals surface area contributed by atoms with Gasteiger partial charge < -0.3 is 19.7 Å². The van der Waals surface area contributed by atoms with Crippen molar-refractivity contribution in [2.75, 3.05) is 0 Å². The molecule has 0 aliphatic rings. The maximum absolute atomic E-state index is 15.2. The highest BCUT2D eigenvalue weighted by molar-refractivity contribution is 6.15. The van der Waals surface area contributed by atoms with Crippen molar-refractivity contribution in [3.63, 3.8) is 0 Å². The Kier molecular flexibility index (Phi) is 10.7. The maximum Gasteiger partial charge on any atom is 0.131 e. The first-order valence-electron chi connectivity index (χ1n) is 21.9. The van der Waals surface area contributed by atoms with Gasteiger partial charge in [0.05, 0.1) is 12.2 Å². The Morgan fingerprint density at radius 2 is 0.723 bits per heavy atom. The maximum atomic E-state index is 15.2. The van der Waals surface area contributed by atoms with E-state index in [0.717, 1.165) is 65.3 Å². The van der Waals surface area contributed by atoms with E-state index in [4.69, 9.17) is 9.47 Å². The van der Waals surface area contributed by atoms with Crippen LogP contribution >= 0.6 is 0 Å². The first kappa shape index (κ1) is 41.3. The molecule has 0 aliphatic heterocycles. The van der Waals surface area contributed by atoms with Gasteiger partial charge in [0.2, 0.25) is 0 Å². The molecule has 4 nitrogen and oxygen atoms in total. The van der Waals surface area contributed by atoms with Crippen molar-refractivity contribution in [2.45, 2.75) is 46.3 Å². The predicted octanol–water partition coefficient (Wildman–Crippen LogP) is 15.9. The average Bonchev–Trinajstić information content (AvgIpc) is 3.30. The topological polar surface area (TPSA) is 58.9 Å². The van der Waals surface area contributed by atoms with Crippen LogP contribution in [-0.4, -0.2) is 22.4 Å². The number of aromatic hydroxyl groups is 2. The normalized spacial score (nSPS) is 12.5. The molecule has 10 rings (SSSR count). The van der Waals surface area contributed by atoms with Crippen LogP contribution < -0.4 is 9.47 Å². The molecule has 10 aromatic carbocycles. The molecular formula is C59H46F2O4. The molecule has 320 valence electrons. The Hall–Kier alpha value is -7.70. The summed E-state index contributed by atoms with van der Waals surface area (Å²) in [4.78, 5) is 0. The van der Waals surface area contributed by atoms with E-state index in [9.17, 15) is 10.2 Å². The molecule has 0 aliphatic carbocycles. The number of phenols is 2. The second-order valence-corrected chi connectivity index (χ2v) is 17.2. The minimum absolute atomic E-state index is 0.0250. The van der Waals surface area contributed by atoms with E-state index in [2.05, 4.69) is 60.7 Å². The van der Waals surface area contributed by atoms with Crippen LogP contribution in [0, 0.1) is 25.5 Å². The Morgan fingerprint density at radius 3 is 1.08 bits per heavy atom. The standard InChI is InChI=1S/C59H46F2O4/c1-34-25-50(58(62)52(27-34)56-44-17-9-5-13-38(44)30-39-14-6-10-18-45(39)56)48-32-42(60)21-23-54(48)64-36(3)29-37(4)65-55-24-22-43(61)33-49(55)51-26-35(2)28-53(59(51)63)57-46-19-11-7-15-40(46)31-41-16-8-12-20-47(41)57/h5-28,30-33,36-37,62-63H,29H2,1-4H3/t36-,37+. The molecule has 0 bridgehead atoms. The molecule has 0 saturated heterocycles. The Bertz CT molecular complexity index is 3150. The van der Waals surface area contributed by atoms with Gasteiger partial charge in [0, 0.05) is 50.9 Å². The van der Waals surface area contributed by atoms with Crippen LogP contribution in [-0.2, 0) is 0 Å². The Labute approximate surface area is 376 Å². The Morgan fingerprint density at radius 1 is 0.400 bits per heavy atom. The SMILES string of the molecule is Cc1cc(-c2cc(F)ccc2O[C@H](C)C[C@H](C)Oc2ccc(F)cc2-c2cc(C)cc(-c3c4ccccc4cc4ccccc34)c2O)c(O)c(-c2c3ccccc3cc3ccccc23)c1. The van der Waals surface area contributed by atoms with Gasteiger partial charge in [-0.1, -0.05) is 97.1 Å². The molecule has 0 fully saturated rings. The van der Waals surface area contributed by atoms with Crippen LogP contribution in [0.15, 0.2) is 170 Å². The lowest BCUT2D eigenvalue weighted by atomic mass is 9.88. The van der Waals surface area contributed by atoms with Gasteiger partial charge in [-0.3, -0.25) is 0 Å². The number of aryl methyl sites for hydroxylation is 2. The molecule has 0 amide bonds. The number of hydrogen-bond acceptors (Lipinski definition) is 4. The molecule has 10 aromatic rings. The highest BCUT2D eigenvalue weighted by Crippen LogP contribution is 2.49. The van der Waals surface area contributed by atoms with E-state index >= 15 is 8.78 Å². The van der Waals surface area contributed by atoms with Crippen molar-refractivity contribution in [1.82, 2.24) is 0 Å². The summed E-state index contributed by atoms with van der Waals surface area (Å²) in [6.45, 7) is 7.76. The van der Waals surface area contributed by atoms with E-state index < -0.39 is 23.8 Å². The van der Waals surface area contributed by atoms with Crippen LogP contribution in [0.3, 0.4) is 0 Å².